The lowest BCUT2D eigenvalue weighted by molar-refractivity contribution is -0.152. The quantitative estimate of drug-likeness (QED) is 0.589. The summed E-state index contributed by atoms with van der Waals surface area (Å²) in [6.45, 7) is -0.253. The van der Waals surface area contributed by atoms with Crippen LogP contribution in [0.5, 0.6) is 0 Å². The van der Waals surface area contributed by atoms with E-state index in [4.69, 9.17) is 15.2 Å². The summed E-state index contributed by atoms with van der Waals surface area (Å²) >= 11 is 0. The van der Waals surface area contributed by atoms with Crippen LogP contribution in [0, 0.1) is 17.2 Å². The third-order valence-corrected chi connectivity index (χ3v) is 4.79. The molecule has 4 N–H and O–H groups in total. The lowest BCUT2D eigenvalue weighted by Gasteiger charge is -2.24. The zero-order valence-corrected chi connectivity index (χ0v) is 13.6. The Morgan fingerprint density at radius 1 is 1.50 bits per heavy atom. The fourth-order valence-electron chi connectivity index (χ4n) is 3.15. The van der Waals surface area contributed by atoms with Crippen molar-refractivity contribution in [2.45, 2.75) is 36.8 Å². The number of carbonyl (C=O) groups is 1. The standard InChI is InChI=1S/C16H17N5O5/c17-6-16(11-4-3-9-14(18)19-7-20-21(9)11)13(23)12(22)10(26-16)5-25-15(24)8-1-2-8/h3-4,7-8,10,12-13,22-23H,1-2,5H2,(H2,18,19,20)/t10-,12-,13-,16+/m1/s1. The molecule has 10 heteroatoms. The summed E-state index contributed by atoms with van der Waals surface area (Å²) in [6.07, 6.45) is -1.23. The van der Waals surface area contributed by atoms with Gasteiger partial charge in [0.15, 0.2) is 5.82 Å². The first-order valence-electron chi connectivity index (χ1n) is 8.18. The highest BCUT2D eigenvalue weighted by molar-refractivity contribution is 5.74. The Bertz CT molecular complexity index is 904. The van der Waals surface area contributed by atoms with Gasteiger partial charge in [-0.05, 0) is 25.0 Å². The Morgan fingerprint density at radius 2 is 2.27 bits per heavy atom. The van der Waals surface area contributed by atoms with Crippen LogP contribution in [0.25, 0.3) is 5.52 Å². The highest BCUT2D eigenvalue weighted by Gasteiger charge is 2.58. The highest BCUT2D eigenvalue weighted by atomic mass is 16.6. The topological polar surface area (TPSA) is 156 Å². The first-order chi connectivity index (χ1) is 12.5. The molecule has 0 unspecified atom stereocenters. The van der Waals surface area contributed by atoms with Crippen LogP contribution < -0.4 is 5.73 Å². The number of rotatable bonds is 4. The van der Waals surface area contributed by atoms with Gasteiger partial charge in [-0.1, -0.05) is 0 Å². The molecule has 2 aromatic rings. The van der Waals surface area contributed by atoms with Crippen LogP contribution in [0.4, 0.5) is 5.82 Å². The molecule has 3 heterocycles. The monoisotopic (exact) mass is 359 g/mol. The summed E-state index contributed by atoms with van der Waals surface area (Å²) in [6, 6.07) is 5.05. The van der Waals surface area contributed by atoms with Crippen molar-refractivity contribution in [1.29, 1.82) is 5.26 Å². The van der Waals surface area contributed by atoms with E-state index in [0.29, 0.717) is 5.52 Å². The van der Waals surface area contributed by atoms with E-state index in [-0.39, 0.29) is 30.0 Å². The Kier molecular flexibility index (Phi) is 3.80. The van der Waals surface area contributed by atoms with Crippen molar-refractivity contribution >= 4 is 17.3 Å². The van der Waals surface area contributed by atoms with Crippen molar-refractivity contribution in [2.24, 2.45) is 5.92 Å². The summed E-state index contributed by atoms with van der Waals surface area (Å²) in [5.41, 5.74) is 4.54. The number of hydrogen-bond donors (Lipinski definition) is 3. The number of nitrogen functional groups attached to an aromatic ring is 1. The van der Waals surface area contributed by atoms with E-state index in [2.05, 4.69) is 10.1 Å². The number of anilines is 1. The number of aliphatic hydroxyl groups is 2. The van der Waals surface area contributed by atoms with Gasteiger partial charge in [-0.2, -0.15) is 10.4 Å². The average Bonchev–Trinajstić information content (AvgIpc) is 3.35. The van der Waals surface area contributed by atoms with Crippen LogP contribution in [0.3, 0.4) is 0 Å². The molecule has 4 rings (SSSR count). The molecular formula is C16H17N5O5. The van der Waals surface area contributed by atoms with Crippen LogP contribution in [0.1, 0.15) is 18.5 Å². The lowest BCUT2D eigenvalue weighted by atomic mass is 9.92. The van der Waals surface area contributed by atoms with E-state index >= 15 is 0 Å². The SMILES string of the molecule is N#C[C@@]1(c2ccc3c(N)ncnn23)O[C@H](COC(=O)C2CC2)[C@@H](O)[C@H]1O. The van der Waals surface area contributed by atoms with Crippen molar-refractivity contribution in [3.8, 4) is 6.07 Å². The molecule has 0 bridgehead atoms. The van der Waals surface area contributed by atoms with Crippen molar-refractivity contribution in [3.63, 3.8) is 0 Å². The molecule has 2 aromatic heterocycles. The minimum Gasteiger partial charge on any atom is -0.463 e. The third-order valence-electron chi connectivity index (χ3n) is 4.79. The number of fused-ring (bicyclic) bond motifs is 1. The average molecular weight is 359 g/mol. The Hall–Kier alpha value is -2.74. The normalized spacial score (nSPS) is 31.0. The van der Waals surface area contributed by atoms with E-state index in [1.807, 2.05) is 6.07 Å². The molecule has 1 aliphatic carbocycles. The van der Waals surface area contributed by atoms with E-state index < -0.39 is 23.9 Å². The van der Waals surface area contributed by atoms with Gasteiger partial charge in [0.25, 0.3) is 0 Å². The minimum atomic E-state index is -1.89. The predicted molar refractivity (Wildman–Crippen MR) is 85.3 cm³/mol. The summed E-state index contributed by atoms with van der Waals surface area (Å²) in [4.78, 5) is 15.6. The number of aromatic nitrogens is 3. The smallest absolute Gasteiger partial charge is 0.309 e. The number of esters is 1. The molecule has 0 radical (unpaired) electrons. The third kappa shape index (κ3) is 2.40. The van der Waals surface area contributed by atoms with Gasteiger partial charge in [0.05, 0.1) is 11.6 Å². The molecule has 1 aliphatic heterocycles. The molecule has 0 amide bonds. The van der Waals surface area contributed by atoms with Gasteiger partial charge in [0.1, 0.15) is 42.8 Å². The maximum absolute atomic E-state index is 11.7. The summed E-state index contributed by atoms with van der Waals surface area (Å²) in [5, 5.41) is 34.7. The van der Waals surface area contributed by atoms with Crippen molar-refractivity contribution in [3.05, 3.63) is 24.2 Å². The van der Waals surface area contributed by atoms with Crippen molar-refractivity contribution in [1.82, 2.24) is 14.6 Å². The van der Waals surface area contributed by atoms with Crippen molar-refractivity contribution in [2.75, 3.05) is 12.3 Å². The predicted octanol–water partition coefficient (Wildman–Crippen LogP) is -0.896. The second-order valence-corrected chi connectivity index (χ2v) is 6.50. The summed E-state index contributed by atoms with van der Waals surface area (Å²) < 4.78 is 12.2. The van der Waals surface area contributed by atoms with Gasteiger partial charge >= 0.3 is 5.97 Å². The largest absolute Gasteiger partial charge is 0.463 e. The van der Waals surface area contributed by atoms with Gasteiger partial charge in [-0.15, -0.1) is 0 Å². The van der Waals surface area contributed by atoms with Crippen LogP contribution in [-0.4, -0.2) is 55.7 Å². The molecular weight excluding hydrogens is 342 g/mol. The Balaban J connectivity index is 1.65. The zero-order valence-electron chi connectivity index (χ0n) is 13.6. The van der Waals surface area contributed by atoms with Gasteiger partial charge in [0.2, 0.25) is 5.60 Å². The fourth-order valence-corrected chi connectivity index (χ4v) is 3.15. The maximum Gasteiger partial charge on any atom is 0.309 e. The van der Waals surface area contributed by atoms with Crippen LogP contribution >= 0.6 is 0 Å². The maximum atomic E-state index is 11.7. The second kappa shape index (κ2) is 5.91. The zero-order chi connectivity index (χ0) is 18.5. The molecule has 1 saturated heterocycles. The summed E-state index contributed by atoms with van der Waals surface area (Å²) in [7, 11) is 0. The van der Waals surface area contributed by atoms with E-state index in [1.54, 1.807) is 6.07 Å². The molecule has 4 atom stereocenters. The number of aliphatic hydroxyl groups excluding tert-OH is 2. The van der Waals surface area contributed by atoms with Crippen LogP contribution in [0.2, 0.25) is 0 Å². The molecule has 2 fully saturated rings. The van der Waals surface area contributed by atoms with Crippen molar-refractivity contribution < 1.29 is 24.5 Å². The first kappa shape index (κ1) is 16.7. The number of carbonyl (C=O) groups excluding carboxylic acids is 1. The number of hydrogen-bond acceptors (Lipinski definition) is 9. The van der Waals surface area contributed by atoms with Gasteiger partial charge < -0.3 is 25.4 Å². The first-order valence-corrected chi connectivity index (χ1v) is 8.18. The Labute approximate surface area is 147 Å². The molecule has 0 aromatic carbocycles. The molecule has 10 nitrogen and oxygen atoms in total. The highest BCUT2D eigenvalue weighted by Crippen LogP contribution is 2.40. The van der Waals surface area contributed by atoms with Crippen LogP contribution in [-0.2, 0) is 19.9 Å². The number of ether oxygens (including phenoxy) is 2. The second-order valence-electron chi connectivity index (χ2n) is 6.50. The Morgan fingerprint density at radius 3 is 2.96 bits per heavy atom. The van der Waals surface area contributed by atoms with Gasteiger partial charge in [-0.25, -0.2) is 9.50 Å². The number of nitriles is 1. The molecule has 0 spiro atoms. The molecule has 1 saturated carbocycles. The van der Waals surface area contributed by atoms with Gasteiger partial charge in [-0.3, -0.25) is 4.79 Å². The van der Waals surface area contributed by atoms with E-state index in [9.17, 15) is 20.3 Å². The molecule has 136 valence electrons. The minimum absolute atomic E-state index is 0.103. The summed E-state index contributed by atoms with van der Waals surface area (Å²) in [5.74, 6) is -0.269. The molecule has 26 heavy (non-hydrogen) atoms. The van der Waals surface area contributed by atoms with E-state index in [0.717, 1.165) is 12.8 Å². The van der Waals surface area contributed by atoms with Crippen LogP contribution in [0.15, 0.2) is 18.5 Å². The molecule has 2 aliphatic rings. The van der Waals surface area contributed by atoms with E-state index in [1.165, 1.54) is 16.9 Å². The number of nitrogens with zero attached hydrogens (tertiary/aromatic N) is 4. The number of nitrogens with two attached hydrogens (primary N) is 1. The van der Waals surface area contributed by atoms with Gasteiger partial charge in [0, 0.05) is 0 Å². The lowest BCUT2D eigenvalue weighted by Crippen LogP contribution is -2.41. The fraction of sp³-hybridized carbons (Fsp3) is 0.500.